The van der Waals surface area contributed by atoms with Gasteiger partial charge in [0.15, 0.2) is 5.79 Å². The molecule has 0 radical (unpaired) electrons. The fourth-order valence-corrected chi connectivity index (χ4v) is 3.56. The van der Waals surface area contributed by atoms with Gasteiger partial charge < -0.3 is 29.7 Å². The van der Waals surface area contributed by atoms with Crippen LogP contribution in [0.5, 0.6) is 5.75 Å². The summed E-state index contributed by atoms with van der Waals surface area (Å²) in [7, 11) is 0. The Morgan fingerprint density at radius 2 is 1.88 bits per heavy atom. The van der Waals surface area contributed by atoms with Crippen molar-refractivity contribution in [3.8, 4) is 5.75 Å². The molecule has 0 aliphatic carbocycles. The lowest BCUT2D eigenvalue weighted by Crippen LogP contribution is -2.51. The van der Waals surface area contributed by atoms with Gasteiger partial charge in [-0.15, -0.1) is 0 Å². The minimum absolute atomic E-state index is 0.0221. The van der Waals surface area contributed by atoms with E-state index in [1.807, 2.05) is 0 Å². The maximum absolute atomic E-state index is 11.3. The average molecular weight is 416 g/mol. The highest BCUT2D eigenvalue weighted by molar-refractivity contribution is 9.10. The zero-order chi connectivity index (χ0) is 18.0. The van der Waals surface area contributed by atoms with Crippen molar-refractivity contribution < 1.29 is 34.0 Å². The first-order valence-corrected chi connectivity index (χ1v) is 8.64. The van der Waals surface area contributed by atoms with Crippen LogP contribution in [0.3, 0.4) is 0 Å². The summed E-state index contributed by atoms with van der Waals surface area (Å²) in [6, 6.07) is 2.43. The van der Waals surface area contributed by atoms with E-state index < -0.39 is 17.7 Å². The molecular weight excluding hydrogens is 398 g/mol. The molecule has 136 valence electrons. The van der Waals surface area contributed by atoms with Gasteiger partial charge in [0.1, 0.15) is 12.4 Å². The molecule has 2 saturated heterocycles. The summed E-state index contributed by atoms with van der Waals surface area (Å²) in [5, 5.41) is 21.6. The lowest BCUT2D eigenvalue weighted by Gasteiger charge is -2.36. The summed E-state index contributed by atoms with van der Waals surface area (Å²) in [6.07, 6.45) is 1.40. The van der Waals surface area contributed by atoms with Crippen LogP contribution in [0.15, 0.2) is 16.6 Å². The van der Waals surface area contributed by atoms with Crippen LogP contribution in [0.25, 0.3) is 0 Å². The minimum Gasteiger partial charge on any atom is -0.491 e. The van der Waals surface area contributed by atoms with E-state index in [1.54, 1.807) is 0 Å². The lowest BCUT2D eigenvalue weighted by molar-refractivity contribution is -0.181. The van der Waals surface area contributed by atoms with Gasteiger partial charge in [-0.05, 0) is 28.1 Å². The quantitative estimate of drug-likeness (QED) is 0.665. The number of ether oxygens (including phenoxy) is 3. The van der Waals surface area contributed by atoms with Crippen LogP contribution < -0.4 is 10.1 Å². The first-order chi connectivity index (χ1) is 11.9. The van der Waals surface area contributed by atoms with Crippen molar-refractivity contribution in [2.24, 2.45) is 0 Å². The summed E-state index contributed by atoms with van der Waals surface area (Å²) in [6.45, 7) is 2.17. The Morgan fingerprint density at radius 3 is 2.52 bits per heavy atom. The van der Waals surface area contributed by atoms with Crippen LogP contribution in [-0.2, 0) is 9.47 Å². The number of nitrogens with one attached hydrogen (secondary N) is 1. The van der Waals surface area contributed by atoms with E-state index >= 15 is 0 Å². The number of carboxylic acid groups (broad SMARTS) is 2. The first kappa shape index (κ1) is 18.1. The highest BCUT2D eigenvalue weighted by Gasteiger charge is 2.41. The van der Waals surface area contributed by atoms with Gasteiger partial charge in [0, 0.05) is 25.4 Å². The lowest BCUT2D eigenvalue weighted by atomic mass is 9.98. The van der Waals surface area contributed by atoms with Crippen LogP contribution in [0.1, 0.15) is 33.6 Å². The Labute approximate surface area is 152 Å². The van der Waals surface area contributed by atoms with Gasteiger partial charge in [0.2, 0.25) is 0 Å². The number of hydrogen-bond donors (Lipinski definition) is 3. The van der Waals surface area contributed by atoms with Crippen molar-refractivity contribution >= 4 is 27.9 Å². The predicted molar refractivity (Wildman–Crippen MR) is 89.2 cm³/mol. The van der Waals surface area contributed by atoms with Crippen LogP contribution in [-0.4, -0.2) is 60.3 Å². The van der Waals surface area contributed by atoms with E-state index in [2.05, 4.69) is 21.2 Å². The minimum atomic E-state index is -1.32. The third-order valence-corrected chi connectivity index (χ3v) is 4.90. The SMILES string of the molecule is O=C(O)c1cc(Br)c(OC[C@@H]2CC3(CCN2)OCCO3)cc1C(=O)O. The second-order valence-corrected chi connectivity index (χ2v) is 6.82. The van der Waals surface area contributed by atoms with E-state index in [4.69, 9.17) is 19.3 Å². The van der Waals surface area contributed by atoms with E-state index in [9.17, 15) is 14.7 Å². The van der Waals surface area contributed by atoms with Crippen LogP contribution in [0, 0.1) is 0 Å². The van der Waals surface area contributed by atoms with Crippen molar-refractivity contribution in [1.29, 1.82) is 0 Å². The molecule has 0 amide bonds. The fraction of sp³-hybridized carbons (Fsp3) is 0.500. The summed E-state index contributed by atoms with van der Waals surface area (Å²) >= 11 is 3.23. The number of benzene rings is 1. The molecule has 1 aromatic carbocycles. The zero-order valence-corrected chi connectivity index (χ0v) is 14.9. The molecule has 9 heteroatoms. The maximum Gasteiger partial charge on any atom is 0.336 e. The normalized spacial score (nSPS) is 22.0. The van der Waals surface area contributed by atoms with E-state index in [1.165, 1.54) is 12.1 Å². The maximum atomic E-state index is 11.3. The molecule has 2 fully saturated rings. The number of carbonyl (C=O) groups is 2. The summed E-state index contributed by atoms with van der Waals surface area (Å²) in [4.78, 5) is 22.5. The molecule has 3 rings (SSSR count). The molecule has 1 aromatic rings. The van der Waals surface area contributed by atoms with Gasteiger partial charge in [-0.2, -0.15) is 0 Å². The van der Waals surface area contributed by atoms with Crippen molar-refractivity contribution in [3.63, 3.8) is 0 Å². The summed E-state index contributed by atoms with van der Waals surface area (Å²) < 4.78 is 17.5. The van der Waals surface area contributed by atoms with E-state index in [-0.39, 0.29) is 29.5 Å². The van der Waals surface area contributed by atoms with Crippen LogP contribution in [0.2, 0.25) is 0 Å². The fourth-order valence-electron chi connectivity index (χ4n) is 3.10. The monoisotopic (exact) mass is 415 g/mol. The van der Waals surface area contributed by atoms with Gasteiger partial charge >= 0.3 is 11.9 Å². The number of carboxylic acids is 2. The molecule has 1 spiro atoms. The largest absolute Gasteiger partial charge is 0.491 e. The van der Waals surface area contributed by atoms with E-state index in [0.717, 1.165) is 13.0 Å². The number of rotatable bonds is 5. The molecule has 0 unspecified atom stereocenters. The predicted octanol–water partition coefficient (Wildman–Crippen LogP) is 1.72. The van der Waals surface area contributed by atoms with Gasteiger partial charge in [0.25, 0.3) is 0 Å². The van der Waals surface area contributed by atoms with Gasteiger partial charge in [-0.3, -0.25) is 0 Å². The van der Waals surface area contributed by atoms with E-state index in [0.29, 0.717) is 24.1 Å². The molecule has 2 heterocycles. The molecule has 2 aliphatic heterocycles. The Hall–Kier alpha value is -1.68. The molecule has 0 saturated carbocycles. The zero-order valence-electron chi connectivity index (χ0n) is 13.3. The summed E-state index contributed by atoms with van der Waals surface area (Å²) in [5.74, 6) is -2.92. The number of piperidine rings is 1. The molecular formula is C16H18BrNO7. The second-order valence-electron chi connectivity index (χ2n) is 5.96. The molecule has 0 aromatic heterocycles. The molecule has 8 nitrogen and oxygen atoms in total. The third-order valence-electron chi connectivity index (χ3n) is 4.28. The van der Waals surface area contributed by atoms with Gasteiger partial charge in [-0.25, -0.2) is 9.59 Å². The standard InChI is InChI=1S/C16H18BrNO7/c17-12-5-10(14(19)20)11(15(21)22)6-13(12)23-8-9-7-16(1-2-18-9)24-3-4-25-16/h5-6,9,18H,1-4,7-8H2,(H,19,20)(H,21,22)/t9-/m0/s1. The smallest absolute Gasteiger partial charge is 0.336 e. The van der Waals surface area contributed by atoms with Crippen LogP contribution >= 0.6 is 15.9 Å². The Bertz CT molecular complexity index is 687. The van der Waals surface area contributed by atoms with Crippen molar-refractivity contribution in [2.45, 2.75) is 24.7 Å². The van der Waals surface area contributed by atoms with Crippen molar-refractivity contribution in [3.05, 3.63) is 27.7 Å². The number of aromatic carboxylic acids is 2. The highest BCUT2D eigenvalue weighted by Crippen LogP contribution is 2.33. The number of halogens is 1. The molecule has 0 bridgehead atoms. The summed E-state index contributed by atoms with van der Waals surface area (Å²) in [5.41, 5.74) is -0.615. The molecule has 1 atom stereocenters. The topological polar surface area (TPSA) is 114 Å². The van der Waals surface area contributed by atoms with Crippen LogP contribution in [0.4, 0.5) is 0 Å². The molecule has 25 heavy (non-hydrogen) atoms. The average Bonchev–Trinajstić information content (AvgIpc) is 3.00. The number of hydrogen-bond acceptors (Lipinski definition) is 6. The highest BCUT2D eigenvalue weighted by atomic mass is 79.9. The second kappa shape index (κ2) is 7.28. The Balaban J connectivity index is 1.71. The Morgan fingerprint density at radius 1 is 1.24 bits per heavy atom. The molecule has 2 aliphatic rings. The Kier molecular flexibility index (Phi) is 5.28. The molecule has 3 N–H and O–H groups in total. The third kappa shape index (κ3) is 3.95. The van der Waals surface area contributed by atoms with Gasteiger partial charge in [0.05, 0.1) is 28.8 Å². The van der Waals surface area contributed by atoms with Crippen molar-refractivity contribution in [1.82, 2.24) is 5.32 Å². The van der Waals surface area contributed by atoms with Crippen molar-refractivity contribution in [2.75, 3.05) is 26.4 Å². The first-order valence-electron chi connectivity index (χ1n) is 7.84. The van der Waals surface area contributed by atoms with Gasteiger partial charge in [-0.1, -0.05) is 0 Å².